The van der Waals surface area contributed by atoms with E-state index in [4.69, 9.17) is 4.74 Å². The molecular weight excluding hydrogens is 304 g/mol. The lowest BCUT2D eigenvalue weighted by molar-refractivity contribution is 0.348. The van der Waals surface area contributed by atoms with Crippen molar-refractivity contribution in [2.24, 2.45) is 0 Å². The highest BCUT2D eigenvalue weighted by Gasteiger charge is 2.17. The number of hydrogen-bond acceptors (Lipinski definition) is 3. The topological polar surface area (TPSA) is 24.5 Å². The molecule has 1 atom stereocenters. The molecule has 0 radical (unpaired) electrons. The maximum atomic E-state index is 5.50. The Morgan fingerprint density at radius 1 is 1.32 bits per heavy atom. The second-order valence-corrected chi connectivity index (χ2v) is 6.29. The van der Waals surface area contributed by atoms with Crippen LogP contribution in [0.2, 0.25) is 0 Å². The van der Waals surface area contributed by atoms with Crippen LogP contribution in [0.3, 0.4) is 0 Å². The third-order valence-electron chi connectivity index (χ3n) is 3.78. The molecule has 106 valence electrons. The lowest BCUT2D eigenvalue weighted by Gasteiger charge is -2.21. The quantitative estimate of drug-likeness (QED) is 0.917. The molecule has 2 rings (SSSR count). The van der Waals surface area contributed by atoms with Crippen molar-refractivity contribution in [2.45, 2.75) is 32.2 Å². The van der Waals surface area contributed by atoms with Gasteiger partial charge in [0.2, 0.25) is 0 Å². The summed E-state index contributed by atoms with van der Waals surface area (Å²) >= 11 is 3.52. The van der Waals surface area contributed by atoms with Crippen molar-refractivity contribution in [2.75, 3.05) is 32.6 Å². The van der Waals surface area contributed by atoms with Crippen LogP contribution in [0.4, 0.5) is 5.69 Å². The highest BCUT2D eigenvalue weighted by Crippen LogP contribution is 2.33. The highest BCUT2D eigenvalue weighted by molar-refractivity contribution is 9.10. The number of methoxy groups -OCH3 is 1. The molecule has 1 unspecified atom stereocenters. The minimum atomic E-state index is 0.540. The van der Waals surface area contributed by atoms with E-state index in [1.165, 1.54) is 31.4 Å². The van der Waals surface area contributed by atoms with E-state index in [2.05, 4.69) is 46.2 Å². The van der Waals surface area contributed by atoms with Crippen LogP contribution in [0.1, 0.15) is 24.8 Å². The first kappa shape index (κ1) is 14.7. The van der Waals surface area contributed by atoms with E-state index in [0.717, 1.165) is 22.5 Å². The minimum absolute atomic E-state index is 0.540. The van der Waals surface area contributed by atoms with E-state index in [-0.39, 0.29) is 0 Å². The zero-order valence-corrected chi connectivity index (χ0v) is 13.6. The number of nitrogens with one attached hydrogen (secondary N) is 1. The van der Waals surface area contributed by atoms with E-state index in [0.29, 0.717) is 6.04 Å². The molecule has 1 aliphatic heterocycles. The zero-order chi connectivity index (χ0) is 13.8. The molecule has 1 aromatic carbocycles. The van der Waals surface area contributed by atoms with Crippen molar-refractivity contribution in [1.82, 2.24) is 4.90 Å². The molecule has 1 saturated heterocycles. The Morgan fingerprint density at radius 2 is 2.11 bits per heavy atom. The van der Waals surface area contributed by atoms with E-state index in [1.807, 2.05) is 6.07 Å². The summed E-state index contributed by atoms with van der Waals surface area (Å²) in [5, 5.41) is 3.68. The zero-order valence-electron chi connectivity index (χ0n) is 12.0. The average molecular weight is 327 g/mol. The van der Waals surface area contributed by atoms with Gasteiger partial charge >= 0.3 is 0 Å². The second kappa shape index (κ2) is 6.62. The summed E-state index contributed by atoms with van der Waals surface area (Å²) in [4.78, 5) is 2.41. The molecule has 0 aromatic heterocycles. The predicted octanol–water partition coefficient (Wildman–Crippen LogP) is 3.66. The minimum Gasteiger partial charge on any atom is -0.495 e. The van der Waals surface area contributed by atoms with Crippen molar-refractivity contribution < 1.29 is 4.74 Å². The number of halogens is 1. The first-order chi connectivity index (χ1) is 9.10. The molecule has 1 aliphatic rings. The van der Waals surface area contributed by atoms with Crippen LogP contribution in [-0.2, 0) is 0 Å². The van der Waals surface area contributed by atoms with Gasteiger partial charge < -0.3 is 15.0 Å². The number of hydrogen-bond donors (Lipinski definition) is 1. The molecule has 4 heteroatoms. The van der Waals surface area contributed by atoms with Crippen LogP contribution >= 0.6 is 15.9 Å². The maximum Gasteiger partial charge on any atom is 0.143 e. The summed E-state index contributed by atoms with van der Waals surface area (Å²) in [5.74, 6) is 0.921. The van der Waals surface area contributed by atoms with Gasteiger partial charge in [0.25, 0.3) is 0 Å². The van der Waals surface area contributed by atoms with E-state index >= 15 is 0 Å². The van der Waals surface area contributed by atoms with Crippen LogP contribution in [0, 0.1) is 6.92 Å². The standard InChI is InChI=1S/C15H23BrN2O/c1-11-9-12(16)10-14(19-3)15(11)17-13-5-4-7-18(2)8-6-13/h9-10,13,17H,4-8H2,1-3H3. The molecule has 1 fully saturated rings. The summed E-state index contributed by atoms with van der Waals surface area (Å²) in [5.41, 5.74) is 2.36. The average Bonchev–Trinajstić information content (AvgIpc) is 2.57. The molecule has 0 saturated carbocycles. The number of aryl methyl sites for hydroxylation is 1. The summed E-state index contributed by atoms with van der Waals surface area (Å²) in [6.45, 7) is 4.49. The third kappa shape index (κ3) is 3.86. The normalized spacial score (nSPS) is 20.9. The molecule has 19 heavy (non-hydrogen) atoms. The van der Waals surface area contributed by atoms with Gasteiger partial charge in [-0.25, -0.2) is 0 Å². The fraction of sp³-hybridized carbons (Fsp3) is 0.600. The fourth-order valence-corrected chi connectivity index (χ4v) is 3.20. The SMILES string of the molecule is COc1cc(Br)cc(C)c1NC1CCCN(C)CC1. The van der Waals surface area contributed by atoms with Gasteiger partial charge in [0.05, 0.1) is 12.8 Å². The number of anilines is 1. The fourth-order valence-electron chi connectivity index (χ4n) is 2.65. The van der Waals surface area contributed by atoms with Gasteiger partial charge in [-0.1, -0.05) is 15.9 Å². The van der Waals surface area contributed by atoms with Crippen molar-refractivity contribution in [3.63, 3.8) is 0 Å². The van der Waals surface area contributed by atoms with Crippen molar-refractivity contribution in [1.29, 1.82) is 0 Å². The van der Waals surface area contributed by atoms with Crippen LogP contribution in [0.25, 0.3) is 0 Å². The number of likely N-dealkylation sites (tertiary alicyclic amines) is 1. The van der Waals surface area contributed by atoms with Gasteiger partial charge in [-0.15, -0.1) is 0 Å². The Kier molecular flexibility index (Phi) is 5.11. The summed E-state index contributed by atoms with van der Waals surface area (Å²) < 4.78 is 6.56. The monoisotopic (exact) mass is 326 g/mol. The van der Waals surface area contributed by atoms with Crippen molar-refractivity contribution in [3.8, 4) is 5.75 Å². The molecule has 0 spiro atoms. The number of ether oxygens (including phenoxy) is 1. The van der Waals surface area contributed by atoms with Crippen LogP contribution < -0.4 is 10.1 Å². The largest absolute Gasteiger partial charge is 0.495 e. The summed E-state index contributed by atoms with van der Waals surface area (Å²) in [7, 11) is 3.93. The molecule has 1 heterocycles. The van der Waals surface area contributed by atoms with Gasteiger partial charge in [-0.05, 0) is 64.0 Å². The van der Waals surface area contributed by atoms with Crippen LogP contribution in [-0.4, -0.2) is 38.2 Å². The molecule has 0 bridgehead atoms. The highest BCUT2D eigenvalue weighted by atomic mass is 79.9. The van der Waals surface area contributed by atoms with Gasteiger partial charge in [-0.3, -0.25) is 0 Å². The smallest absolute Gasteiger partial charge is 0.143 e. The Balaban J connectivity index is 2.13. The molecule has 0 aliphatic carbocycles. The summed E-state index contributed by atoms with van der Waals surface area (Å²) in [6, 6.07) is 4.70. The van der Waals surface area contributed by atoms with Gasteiger partial charge in [0, 0.05) is 10.5 Å². The Labute approximate surface area is 124 Å². The second-order valence-electron chi connectivity index (χ2n) is 5.38. The maximum absolute atomic E-state index is 5.50. The molecule has 1 N–H and O–H groups in total. The Morgan fingerprint density at radius 3 is 2.84 bits per heavy atom. The number of rotatable bonds is 3. The molecular formula is C15H23BrN2O. The predicted molar refractivity (Wildman–Crippen MR) is 84.2 cm³/mol. The summed E-state index contributed by atoms with van der Waals surface area (Å²) in [6.07, 6.45) is 3.67. The lowest BCUT2D eigenvalue weighted by atomic mass is 10.1. The third-order valence-corrected chi connectivity index (χ3v) is 4.24. The molecule has 0 amide bonds. The molecule has 3 nitrogen and oxygen atoms in total. The van der Waals surface area contributed by atoms with E-state index < -0.39 is 0 Å². The first-order valence-corrected chi connectivity index (χ1v) is 7.68. The van der Waals surface area contributed by atoms with Crippen LogP contribution in [0.15, 0.2) is 16.6 Å². The van der Waals surface area contributed by atoms with Gasteiger partial charge in [-0.2, -0.15) is 0 Å². The van der Waals surface area contributed by atoms with Crippen LogP contribution in [0.5, 0.6) is 5.75 Å². The molecule has 1 aromatic rings. The van der Waals surface area contributed by atoms with E-state index in [1.54, 1.807) is 7.11 Å². The number of benzene rings is 1. The lowest BCUT2D eigenvalue weighted by Crippen LogP contribution is -2.23. The van der Waals surface area contributed by atoms with Gasteiger partial charge in [0.1, 0.15) is 5.75 Å². The first-order valence-electron chi connectivity index (χ1n) is 6.89. The van der Waals surface area contributed by atoms with Gasteiger partial charge in [0.15, 0.2) is 0 Å². The van der Waals surface area contributed by atoms with E-state index in [9.17, 15) is 0 Å². The van der Waals surface area contributed by atoms with Crippen molar-refractivity contribution >= 4 is 21.6 Å². The number of nitrogens with zero attached hydrogens (tertiary/aromatic N) is 1. The van der Waals surface area contributed by atoms with Crippen molar-refractivity contribution in [3.05, 3.63) is 22.2 Å². The Hall–Kier alpha value is -0.740. The Bertz CT molecular complexity index is 436.